The molecule has 0 saturated carbocycles. The zero-order valence-corrected chi connectivity index (χ0v) is 9.99. The van der Waals surface area contributed by atoms with Gasteiger partial charge in [-0.3, -0.25) is 0 Å². The van der Waals surface area contributed by atoms with Crippen molar-refractivity contribution in [2.75, 3.05) is 18.9 Å². The van der Waals surface area contributed by atoms with Gasteiger partial charge in [0.05, 0.1) is 12.6 Å². The number of hydrogen-bond donors (Lipinski definition) is 1. The molecule has 0 radical (unpaired) electrons. The van der Waals surface area contributed by atoms with Crippen molar-refractivity contribution in [2.24, 2.45) is 0 Å². The summed E-state index contributed by atoms with van der Waals surface area (Å²) in [6.45, 7) is 1.48. The number of nitrogens with two attached hydrogens (primary N) is 1. The fourth-order valence-corrected chi connectivity index (χ4v) is 2.23. The molecule has 1 aromatic carbocycles. The van der Waals surface area contributed by atoms with E-state index in [1.807, 2.05) is 28.9 Å². The van der Waals surface area contributed by atoms with E-state index < -0.39 is 0 Å². The van der Waals surface area contributed by atoms with Crippen molar-refractivity contribution in [2.45, 2.75) is 18.9 Å². The molecule has 1 aromatic heterocycles. The predicted octanol–water partition coefficient (Wildman–Crippen LogP) is 1.27. The lowest BCUT2D eigenvalue weighted by atomic mass is 10.1. The molecule has 6 heteroatoms. The van der Waals surface area contributed by atoms with Crippen molar-refractivity contribution in [3.8, 4) is 11.4 Å². The monoisotopic (exact) mass is 245 g/mol. The van der Waals surface area contributed by atoms with E-state index in [1.54, 1.807) is 0 Å². The minimum absolute atomic E-state index is 0.198. The highest BCUT2D eigenvalue weighted by atomic mass is 16.5. The number of tetrazole rings is 1. The van der Waals surface area contributed by atoms with E-state index in [2.05, 4.69) is 15.5 Å². The quantitative estimate of drug-likeness (QED) is 0.806. The van der Waals surface area contributed by atoms with E-state index in [1.165, 1.54) is 0 Å². The van der Waals surface area contributed by atoms with Crippen LogP contribution in [0.2, 0.25) is 0 Å². The second-order valence-corrected chi connectivity index (χ2v) is 4.41. The van der Waals surface area contributed by atoms with Crippen molar-refractivity contribution in [3.05, 3.63) is 24.3 Å². The maximum absolute atomic E-state index is 5.97. The molecule has 0 amide bonds. The summed E-state index contributed by atoms with van der Waals surface area (Å²) in [7, 11) is 0. The van der Waals surface area contributed by atoms with E-state index in [9.17, 15) is 0 Å². The third-order valence-corrected chi connectivity index (χ3v) is 3.18. The van der Waals surface area contributed by atoms with Gasteiger partial charge < -0.3 is 10.5 Å². The maximum atomic E-state index is 5.97. The molecule has 2 N–H and O–H groups in total. The van der Waals surface area contributed by atoms with Gasteiger partial charge in [-0.05, 0) is 35.4 Å². The van der Waals surface area contributed by atoms with Crippen molar-refractivity contribution in [1.82, 2.24) is 20.2 Å². The number of para-hydroxylation sites is 1. The van der Waals surface area contributed by atoms with E-state index in [0.29, 0.717) is 18.1 Å². The number of nitrogens with zero attached hydrogens (tertiary/aromatic N) is 4. The summed E-state index contributed by atoms with van der Waals surface area (Å²) in [6.07, 6.45) is 2.07. The number of aromatic nitrogens is 4. The topological polar surface area (TPSA) is 78.9 Å². The SMILES string of the molecule is Nc1ccccc1-c1nnnn1C1CCCOC1. The molecule has 94 valence electrons. The van der Waals surface area contributed by atoms with Crippen LogP contribution in [0, 0.1) is 0 Å². The van der Waals surface area contributed by atoms with Gasteiger partial charge in [-0.2, -0.15) is 0 Å². The largest absolute Gasteiger partial charge is 0.398 e. The van der Waals surface area contributed by atoms with Crippen LogP contribution in [-0.2, 0) is 4.74 Å². The summed E-state index contributed by atoms with van der Waals surface area (Å²) < 4.78 is 7.30. The smallest absolute Gasteiger partial charge is 0.184 e. The fraction of sp³-hybridized carbons (Fsp3) is 0.417. The van der Waals surface area contributed by atoms with Gasteiger partial charge in [-0.1, -0.05) is 12.1 Å². The molecule has 2 aromatic rings. The van der Waals surface area contributed by atoms with Gasteiger partial charge in [-0.15, -0.1) is 5.10 Å². The molecular formula is C12H15N5O. The number of hydrogen-bond acceptors (Lipinski definition) is 5. The molecule has 1 aliphatic rings. The predicted molar refractivity (Wildman–Crippen MR) is 66.8 cm³/mol. The first kappa shape index (κ1) is 11.2. The third-order valence-electron chi connectivity index (χ3n) is 3.18. The van der Waals surface area contributed by atoms with Gasteiger partial charge >= 0.3 is 0 Å². The van der Waals surface area contributed by atoms with Gasteiger partial charge in [0.25, 0.3) is 0 Å². The van der Waals surface area contributed by atoms with E-state index in [-0.39, 0.29) is 6.04 Å². The third kappa shape index (κ3) is 1.95. The van der Waals surface area contributed by atoms with Crippen molar-refractivity contribution < 1.29 is 4.74 Å². The van der Waals surface area contributed by atoms with Gasteiger partial charge in [-0.25, -0.2) is 4.68 Å². The van der Waals surface area contributed by atoms with Gasteiger partial charge in [0.15, 0.2) is 5.82 Å². The molecule has 0 spiro atoms. The molecular weight excluding hydrogens is 230 g/mol. The second-order valence-electron chi connectivity index (χ2n) is 4.41. The summed E-state index contributed by atoms with van der Waals surface area (Å²) in [5.74, 6) is 0.712. The number of rotatable bonds is 2. The summed E-state index contributed by atoms with van der Waals surface area (Å²) >= 11 is 0. The van der Waals surface area contributed by atoms with Gasteiger partial charge in [0.1, 0.15) is 0 Å². The highest BCUT2D eigenvalue weighted by Gasteiger charge is 2.22. The summed E-state index contributed by atoms with van der Waals surface area (Å²) in [6, 6.07) is 7.81. The van der Waals surface area contributed by atoms with E-state index >= 15 is 0 Å². The molecule has 0 aliphatic carbocycles. The normalized spacial score (nSPS) is 19.9. The zero-order chi connectivity index (χ0) is 12.4. The van der Waals surface area contributed by atoms with Crippen LogP contribution in [0.4, 0.5) is 5.69 Å². The summed E-state index contributed by atoms with van der Waals surface area (Å²) in [4.78, 5) is 0. The molecule has 3 rings (SSSR count). The van der Waals surface area contributed by atoms with Crippen LogP contribution in [0.5, 0.6) is 0 Å². The molecule has 1 unspecified atom stereocenters. The van der Waals surface area contributed by atoms with E-state index in [0.717, 1.165) is 25.0 Å². The van der Waals surface area contributed by atoms with Crippen LogP contribution in [0.3, 0.4) is 0 Å². The zero-order valence-electron chi connectivity index (χ0n) is 9.99. The van der Waals surface area contributed by atoms with Crippen LogP contribution >= 0.6 is 0 Å². The summed E-state index contributed by atoms with van der Waals surface area (Å²) in [5.41, 5.74) is 7.52. The highest BCUT2D eigenvalue weighted by molar-refractivity contribution is 5.71. The molecule has 1 aliphatic heterocycles. The lowest BCUT2D eigenvalue weighted by Gasteiger charge is -2.22. The Bertz CT molecular complexity index is 533. The number of benzene rings is 1. The Morgan fingerprint density at radius 3 is 3.00 bits per heavy atom. The molecule has 18 heavy (non-hydrogen) atoms. The second kappa shape index (κ2) is 4.73. The first-order chi connectivity index (χ1) is 8.86. The van der Waals surface area contributed by atoms with Crippen molar-refractivity contribution in [3.63, 3.8) is 0 Å². The van der Waals surface area contributed by atoms with E-state index in [4.69, 9.17) is 10.5 Å². The number of anilines is 1. The maximum Gasteiger partial charge on any atom is 0.184 e. The lowest BCUT2D eigenvalue weighted by Crippen LogP contribution is -2.23. The van der Waals surface area contributed by atoms with Crippen LogP contribution in [-0.4, -0.2) is 33.4 Å². The molecule has 1 fully saturated rings. The van der Waals surface area contributed by atoms with Crippen LogP contribution < -0.4 is 5.73 Å². The highest BCUT2D eigenvalue weighted by Crippen LogP contribution is 2.27. The van der Waals surface area contributed by atoms with Crippen molar-refractivity contribution >= 4 is 5.69 Å². The molecule has 0 bridgehead atoms. The van der Waals surface area contributed by atoms with Gasteiger partial charge in [0, 0.05) is 17.9 Å². The first-order valence-corrected chi connectivity index (χ1v) is 6.07. The lowest BCUT2D eigenvalue weighted by molar-refractivity contribution is 0.0548. The molecule has 1 atom stereocenters. The van der Waals surface area contributed by atoms with Crippen LogP contribution in [0.15, 0.2) is 24.3 Å². The Hall–Kier alpha value is -1.95. The van der Waals surface area contributed by atoms with Crippen LogP contribution in [0.25, 0.3) is 11.4 Å². The molecule has 1 saturated heterocycles. The number of ether oxygens (including phenoxy) is 1. The Labute approximate surface area is 105 Å². The Morgan fingerprint density at radius 2 is 2.22 bits per heavy atom. The Balaban J connectivity index is 1.98. The van der Waals surface area contributed by atoms with Crippen LogP contribution in [0.1, 0.15) is 18.9 Å². The standard InChI is InChI=1S/C12H15N5O/c13-11-6-2-1-5-10(11)12-14-15-16-17(12)9-4-3-7-18-8-9/h1-2,5-6,9H,3-4,7-8,13H2. The number of nitrogen functional groups attached to an aromatic ring is 1. The van der Waals surface area contributed by atoms with Crippen molar-refractivity contribution in [1.29, 1.82) is 0 Å². The molecule has 2 heterocycles. The average Bonchev–Trinajstić information content (AvgIpc) is 2.89. The minimum atomic E-state index is 0.198. The molecule has 6 nitrogen and oxygen atoms in total. The fourth-order valence-electron chi connectivity index (χ4n) is 2.23. The summed E-state index contributed by atoms with van der Waals surface area (Å²) in [5, 5.41) is 11.9. The Kier molecular flexibility index (Phi) is 2.93. The van der Waals surface area contributed by atoms with Gasteiger partial charge in [0.2, 0.25) is 0 Å². The first-order valence-electron chi connectivity index (χ1n) is 6.07. The minimum Gasteiger partial charge on any atom is -0.398 e. The Morgan fingerprint density at radius 1 is 1.33 bits per heavy atom. The average molecular weight is 245 g/mol.